The lowest BCUT2D eigenvalue weighted by Gasteiger charge is -2.18. The molecule has 1 heterocycles. The molecule has 0 atom stereocenters. The number of amides is 1. The summed E-state index contributed by atoms with van der Waals surface area (Å²) in [5, 5.41) is 0.687. The van der Waals surface area contributed by atoms with Gasteiger partial charge in [0, 0.05) is 12.3 Å². The number of thioether (sulfide) groups is 1. The lowest BCUT2D eigenvalue weighted by molar-refractivity contribution is -0.126. The molecule has 0 saturated heterocycles. The van der Waals surface area contributed by atoms with Gasteiger partial charge in [0.05, 0.1) is 13.0 Å². The first-order valence-corrected chi connectivity index (χ1v) is 8.57. The van der Waals surface area contributed by atoms with Gasteiger partial charge in [-0.15, -0.1) is 0 Å². The lowest BCUT2D eigenvalue weighted by atomic mass is 10.1. The maximum absolute atomic E-state index is 12.9. The number of carbonyl (C=O) groups excluding carboxylic acids is 1. The highest BCUT2D eigenvalue weighted by molar-refractivity contribution is 8.13. The minimum absolute atomic E-state index is 0.0514. The Bertz CT molecular complexity index is 745. The first-order valence-electron chi connectivity index (χ1n) is 7.58. The molecule has 0 radical (unpaired) electrons. The molecule has 0 saturated carbocycles. The minimum atomic E-state index is -0.315. The number of rotatable bonds is 4. The number of halogens is 2. The van der Waals surface area contributed by atoms with Crippen LogP contribution in [0, 0.1) is 11.6 Å². The third kappa shape index (κ3) is 4.20. The zero-order chi connectivity index (χ0) is 16.9. The summed E-state index contributed by atoms with van der Waals surface area (Å²) in [6.07, 6.45) is 0.219. The molecule has 1 aliphatic heterocycles. The molecule has 24 heavy (non-hydrogen) atoms. The van der Waals surface area contributed by atoms with Gasteiger partial charge in [0.1, 0.15) is 11.6 Å². The number of amidine groups is 1. The molecule has 0 N–H and O–H groups in total. The van der Waals surface area contributed by atoms with Crippen LogP contribution in [0.25, 0.3) is 0 Å². The molecule has 0 aromatic heterocycles. The fraction of sp³-hybridized carbons (Fsp3) is 0.222. The molecule has 1 amide bonds. The van der Waals surface area contributed by atoms with Crippen molar-refractivity contribution in [3.63, 3.8) is 0 Å². The number of benzene rings is 2. The Balaban J connectivity index is 1.59. The van der Waals surface area contributed by atoms with Gasteiger partial charge in [0.25, 0.3) is 0 Å². The van der Waals surface area contributed by atoms with Crippen LogP contribution < -0.4 is 0 Å². The average molecular weight is 346 g/mol. The molecule has 6 heteroatoms. The van der Waals surface area contributed by atoms with Gasteiger partial charge >= 0.3 is 0 Å². The minimum Gasteiger partial charge on any atom is -0.289 e. The van der Waals surface area contributed by atoms with Gasteiger partial charge in [0.2, 0.25) is 5.91 Å². The Labute approximate surface area is 143 Å². The maximum Gasteiger partial charge on any atom is 0.233 e. The first kappa shape index (κ1) is 16.6. The van der Waals surface area contributed by atoms with Crippen molar-refractivity contribution in [3.05, 3.63) is 71.3 Å². The summed E-state index contributed by atoms with van der Waals surface area (Å²) in [4.78, 5) is 18.5. The quantitative estimate of drug-likeness (QED) is 0.847. The van der Waals surface area contributed by atoms with E-state index in [1.165, 1.54) is 36.0 Å². The van der Waals surface area contributed by atoms with Crippen LogP contribution >= 0.6 is 11.8 Å². The number of nitrogens with zero attached hydrogens (tertiary/aromatic N) is 2. The number of carbonyl (C=O) groups is 1. The Hall–Kier alpha value is -2.21. The Kier molecular flexibility index (Phi) is 5.25. The van der Waals surface area contributed by atoms with Crippen LogP contribution in [0.4, 0.5) is 8.78 Å². The molecule has 0 spiro atoms. The molecular formula is C18H16F2N2OS. The SMILES string of the molecule is O=C(Cc1ccc(F)cc1)N1CCN=C1SCc1ccc(F)cc1. The predicted octanol–water partition coefficient (Wildman–Crippen LogP) is 3.64. The van der Waals surface area contributed by atoms with E-state index in [4.69, 9.17) is 0 Å². The van der Waals surface area contributed by atoms with Crippen LogP contribution in [0.5, 0.6) is 0 Å². The van der Waals surface area contributed by atoms with Gasteiger partial charge in [-0.05, 0) is 35.4 Å². The highest BCUT2D eigenvalue weighted by Crippen LogP contribution is 2.20. The summed E-state index contributed by atoms with van der Waals surface area (Å²) in [6.45, 7) is 1.15. The van der Waals surface area contributed by atoms with Crippen LogP contribution in [0.3, 0.4) is 0 Å². The third-order valence-corrected chi connectivity index (χ3v) is 4.74. The van der Waals surface area contributed by atoms with Crippen molar-refractivity contribution in [2.45, 2.75) is 12.2 Å². The van der Waals surface area contributed by atoms with E-state index in [0.717, 1.165) is 11.1 Å². The predicted molar refractivity (Wildman–Crippen MR) is 91.8 cm³/mol. The number of aliphatic imine (C=N–C) groups is 1. The van der Waals surface area contributed by atoms with Gasteiger partial charge in [-0.3, -0.25) is 14.7 Å². The Morgan fingerprint density at radius 3 is 2.21 bits per heavy atom. The van der Waals surface area contributed by atoms with Gasteiger partial charge in [-0.2, -0.15) is 0 Å². The van der Waals surface area contributed by atoms with Gasteiger partial charge in [0.15, 0.2) is 5.17 Å². The van der Waals surface area contributed by atoms with Crippen molar-refractivity contribution in [2.24, 2.45) is 4.99 Å². The molecule has 0 fully saturated rings. The van der Waals surface area contributed by atoms with Crippen LogP contribution in [0.1, 0.15) is 11.1 Å². The molecule has 3 rings (SSSR count). The van der Waals surface area contributed by atoms with Crippen molar-refractivity contribution in [1.29, 1.82) is 0 Å². The molecule has 124 valence electrons. The second-order valence-electron chi connectivity index (χ2n) is 5.43. The van der Waals surface area contributed by atoms with Crippen LogP contribution in [-0.4, -0.2) is 29.1 Å². The van der Waals surface area contributed by atoms with Crippen molar-refractivity contribution >= 4 is 22.8 Å². The largest absolute Gasteiger partial charge is 0.289 e. The lowest BCUT2D eigenvalue weighted by Crippen LogP contribution is -2.34. The second-order valence-corrected chi connectivity index (χ2v) is 6.37. The van der Waals surface area contributed by atoms with Crippen molar-refractivity contribution < 1.29 is 13.6 Å². The smallest absolute Gasteiger partial charge is 0.233 e. The summed E-state index contributed by atoms with van der Waals surface area (Å²) in [6, 6.07) is 12.2. The zero-order valence-corrected chi connectivity index (χ0v) is 13.7. The molecule has 2 aromatic carbocycles. The summed E-state index contributed by atoms with van der Waals surface area (Å²) < 4.78 is 25.9. The maximum atomic E-state index is 12.9. The monoisotopic (exact) mass is 346 g/mol. The van der Waals surface area contributed by atoms with E-state index in [-0.39, 0.29) is 24.0 Å². The molecule has 0 aliphatic carbocycles. The van der Waals surface area contributed by atoms with E-state index in [2.05, 4.69) is 4.99 Å². The highest BCUT2D eigenvalue weighted by atomic mass is 32.2. The molecule has 0 bridgehead atoms. The summed E-state index contributed by atoms with van der Waals surface area (Å²) >= 11 is 1.47. The van der Waals surface area contributed by atoms with E-state index >= 15 is 0 Å². The van der Waals surface area contributed by atoms with Crippen molar-refractivity contribution in [1.82, 2.24) is 4.90 Å². The van der Waals surface area contributed by atoms with Crippen molar-refractivity contribution in [2.75, 3.05) is 13.1 Å². The zero-order valence-electron chi connectivity index (χ0n) is 12.9. The van der Waals surface area contributed by atoms with E-state index in [1.807, 2.05) is 0 Å². The van der Waals surface area contributed by atoms with E-state index in [0.29, 0.717) is 24.0 Å². The summed E-state index contributed by atoms with van der Waals surface area (Å²) in [5.74, 6) is -0.00796. The normalized spacial score (nSPS) is 13.9. The summed E-state index contributed by atoms with van der Waals surface area (Å²) in [5.41, 5.74) is 1.75. The van der Waals surface area contributed by atoms with Crippen LogP contribution in [-0.2, 0) is 17.0 Å². The standard InChI is InChI=1S/C18H16F2N2OS/c19-15-5-1-13(2-6-15)11-17(23)22-10-9-21-18(22)24-12-14-3-7-16(20)8-4-14/h1-8H,9-12H2. The fourth-order valence-corrected chi connectivity index (χ4v) is 3.40. The van der Waals surface area contributed by atoms with Gasteiger partial charge in [-0.1, -0.05) is 36.0 Å². The fourth-order valence-electron chi connectivity index (χ4n) is 2.38. The Morgan fingerprint density at radius 2 is 1.58 bits per heavy atom. The van der Waals surface area contributed by atoms with Crippen LogP contribution in [0.2, 0.25) is 0 Å². The average Bonchev–Trinajstić information content (AvgIpc) is 3.05. The molecular weight excluding hydrogens is 330 g/mol. The highest BCUT2D eigenvalue weighted by Gasteiger charge is 2.24. The second kappa shape index (κ2) is 7.57. The van der Waals surface area contributed by atoms with Crippen LogP contribution in [0.15, 0.2) is 53.5 Å². The molecule has 0 unspecified atom stereocenters. The van der Waals surface area contributed by atoms with E-state index in [1.54, 1.807) is 29.2 Å². The van der Waals surface area contributed by atoms with E-state index in [9.17, 15) is 13.6 Å². The first-order chi connectivity index (χ1) is 11.6. The summed E-state index contributed by atoms with van der Waals surface area (Å²) in [7, 11) is 0. The number of hydrogen-bond acceptors (Lipinski definition) is 3. The van der Waals surface area contributed by atoms with Crippen molar-refractivity contribution in [3.8, 4) is 0 Å². The van der Waals surface area contributed by atoms with Gasteiger partial charge < -0.3 is 0 Å². The van der Waals surface area contributed by atoms with Gasteiger partial charge in [-0.25, -0.2) is 8.78 Å². The molecule has 3 nitrogen and oxygen atoms in total. The topological polar surface area (TPSA) is 32.7 Å². The molecule has 1 aliphatic rings. The molecule has 2 aromatic rings. The Morgan fingerprint density at radius 1 is 1.00 bits per heavy atom. The third-order valence-electron chi connectivity index (χ3n) is 3.65. The van der Waals surface area contributed by atoms with E-state index < -0.39 is 0 Å². The number of hydrogen-bond donors (Lipinski definition) is 0.